The molecular formula is C22H23ClFNO3. The van der Waals surface area contributed by atoms with Crippen molar-refractivity contribution in [2.24, 2.45) is 0 Å². The molecule has 0 radical (unpaired) electrons. The smallest absolute Gasteiger partial charge is 0.189 e. The van der Waals surface area contributed by atoms with Crippen LogP contribution in [-0.4, -0.2) is 22.9 Å². The van der Waals surface area contributed by atoms with Crippen molar-refractivity contribution in [3.05, 3.63) is 74.8 Å². The first-order valence-corrected chi connectivity index (χ1v) is 9.72. The third-order valence-electron chi connectivity index (χ3n) is 4.85. The lowest BCUT2D eigenvalue weighted by molar-refractivity contribution is 0.226. The summed E-state index contributed by atoms with van der Waals surface area (Å²) >= 11 is 5.89. The summed E-state index contributed by atoms with van der Waals surface area (Å²) in [5.74, 6) is 0.0843. The number of pyridine rings is 1. The molecule has 1 atom stereocenters. The summed E-state index contributed by atoms with van der Waals surface area (Å²) in [6, 6.07) is 9.79. The van der Waals surface area contributed by atoms with E-state index in [2.05, 4.69) is 0 Å². The Hall–Kier alpha value is -2.37. The molecule has 0 spiro atoms. The summed E-state index contributed by atoms with van der Waals surface area (Å²) in [6.45, 7) is 4.21. The number of hydrogen-bond donors (Lipinski definition) is 1. The van der Waals surface area contributed by atoms with Crippen LogP contribution in [0.1, 0.15) is 37.4 Å². The molecule has 0 aliphatic rings. The van der Waals surface area contributed by atoms with E-state index >= 15 is 0 Å². The molecule has 3 rings (SSSR count). The fourth-order valence-corrected chi connectivity index (χ4v) is 3.62. The van der Waals surface area contributed by atoms with Crippen LogP contribution in [0, 0.1) is 5.82 Å². The fraction of sp³-hybridized carbons (Fsp3) is 0.318. The minimum absolute atomic E-state index is 0.0461. The molecule has 0 saturated heterocycles. The largest absolute Gasteiger partial charge is 0.492 e. The standard InChI is InChI=1S/C22H23ClFNO3/c1-3-16(13-26)25-9-8-19(27)17-11-14(12-20(22(17)25)28-4-2)10-15-6-5-7-18(23)21(15)24/h5-9,11-12,16,26H,3-4,10,13H2,1-2H3/t16-/m0/s1. The Morgan fingerprint density at radius 2 is 2.04 bits per heavy atom. The van der Waals surface area contributed by atoms with Gasteiger partial charge in [0.15, 0.2) is 5.43 Å². The zero-order valence-electron chi connectivity index (χ0n) is 15.9. The summed E-state index contributed by atoms with van der Waals surface area (Å²) in [5.41, 5.74) is 1.70. The van der Waals surface area contributed by atoms with Crippen molar-refractivity contribution in [2.75, 3.05) is 13.2 Å². The fourth-order valence-electron chi connectivity index (χ4n) is 3.42. The number of hydrogen-bond acceptors (Lipinski definition) is 3. The van der Waals surface area contributed by atoms with Crippen LogP contribution in [0.3, 0.4) is 0 Å². The summed E-state index contributed by atoms with van der Waals surface area (Å²) in [7, 11) is 0. The van der Waals surface area contributed by atoms with E-state index in [9.17, 15) is 14.3 Å². The first kappa shape index (κ1) is 20.4. The maximum absolute atomic E-state index is 14.3. The Morgan fingerprint density at radius 1 is 1.25 bits per heavy atom. The molecule has 3 aromatic rings. The average molecular weight is 404 g/mol. The number of aliphatic hydroxyl groups excluding tert-OH is 1. The van der Waals surface area contributed by atoms with E-state index in [0.717, 1.165) is 5.56 Å². The zero-order valence-corrected chi connectivity index (χ0v) is 16.7. The molecule has 0 aliphatic carbocycles. The second kappa shape index (κ2) is 8.76. The van der Waals surface area contributed by atoms with Gasteiger partial charge in [-0.1, -0.05) is 30.7 Å². The zero-order chi connectivity index (χ0) is 20.3. The van der Waals surface area contributed by atoms with Crippen LogP contribution in [0.4, 0.5) is 4.39 Å². The van der Waals surface area contributed by atoms with Crippen molar-refractivity contribution in [1.82, 2.24) is 4.57 Å². The topological polar surface area (TPSA) is 51.5 Å². The Kier molecular flexibility index (Phi) is 6.37. The van der Waals surface area contributed by atoms with Gasteiger partial charge in [0.25, 0.3) is 0 Å². The second-order valence-electron chi connectivity index (χ2n) is 6.64. The molecule has 148 valence electrons. The molecule has 0 fully saturated rings. The van der Waals surface area contributed by atoms with Crippen LogP contribution in [0.25, 0.3) is 10.9 Å². The van der Waals surface area contributed by atoms with Gasteiger partial charge in [-0.25, -0.2) is 4.39 Å². The number of aromatic nitrogens is 1. The third-order valence-corrected chi connectivity index (χ3v) is 5.14. The van der Waals surface area contributed by atoms with E-state index in [1.54, 1.807) is 24.4 Å². The van der Waals surface area contributed by atoms with E-state index < -0.39 is 5.82 Å². The van der Waals surface area contributed by atoms with Crippen molar-refractivity contribution < 1.29 is 14.2 Å². The number of fused-ring (bicyclic) bond motifs is 1. The molecule has 2 aromatic carbocycles. The highest BCUT2D eigenvalue weighted by Crippen LogP contribution is 2.31. The third kappa shape index (κ3) is 3.91. The van der Waals surface area contributed by atoms with E-state index in [-0.39, 0.29) is 29.5 Å². The summed E-state index contributed by atoms with van der Waals surface area (Å²) < 4.78 is 22.0. The molecule has 6 heteroatoms. The molecule has 1 aromatic heterocycles. The van der Waals surface area contributed by atoms with Gasteiger partial charge in [-0.2, -0.15) is 0 Å². The summed E-state index contributed by atoms with van der Waals surface area (Å²) in [5, 5.41) is 10.3. The predicted octanol–water partition coefficient (Wildman–Crippen LogP) is 4.73. The molecule has 4 nitrogen and oxygen atoms in total. The van der Waals surface area contributed by atoms with Gasteiger partial charge in [0.2, 0.25) is 0 Å². The highest BCUT2D eigenvalue weighted by atomic mass is 35.5. The van der Waals surface area contributed by atoms with Gasteiger partial charge in [0.1, 0.15) is 11.6 Å². The van der Waals surface area contributed by atoms with Gasteiger partial charge < -0.3 is 14.4 Å². The predicted molar refractivity (Wildman–Crippen MR) is 110 cm³/mol. The maximum atomic E-state index is 14.3. The SMILES string of the molecule is CCOc1cc(Cc2cccc(Cl)c2F)cc2c(=O)ccn([C@@H](CC)CO)c12. The van der Waals surface area contributed by atoms with E-state index in [0.29, 0.717) is 35.2 Å². The molecule has 1 heterocycles. The van der Waals surface area contributed by atoms with Crippen LogP contribution in [0.15, 0.2) is 47.4 Å². The molecule has 1 N–H and O–H groups in total. The first-order valence-electron chi connectivity index (χ1n) is 9.34. The van der Waals surface area contributed by atoms with Crippen molar-refractivity contribution in [3.63, 3.8) is 0 Å². The molecule has 28 heavy (non-hydrogen) atoms. The molecule has 0 aliphatic heterocycles. The van der Waals surface area contributed by atoms with Gasteiger partial charge in [-0.15, -0.1) is 0 Å². The Labute approximate surface area is 168 Å². The maximum Gasteiger partial charge on any atom is 0.189 e. The molecule has 0 amide bonds. The van der Waals surface area contributed by atoms with Gasteiger partial charge in [-0.3, -0.25) is 4.79 Å². The Morgan fingerprint density at radius 3 is 2.71 bits per heavy atom. The van der Waals surface area contributed by atoms with Gasteiger partial charge >= 0.3 is 0 Å². The first-order chi connectivity index (χ1) is 13.5. The lowest BCUT2D eigenvalue weighted by Crippen LogP contribution is -2.17. The summed E-state index contributed by atoms with van der Waals surface area (Å²) in [6.07, 6.45) is 2.68. The van der Waals surface area contributed by atoms with Gasteiger partial charge in [-0.05, 0) is 42.7 Å². The van der Waals surface area contributed by atoms with Crippen molar-refractivity contribution in [3.8, 4) is 5.75 Å². The average Bonchev–Trinajstić information content (AvgIpc) is 2.68. The van der Waals surface area contributed by atoms with Gasteiger partial charge in [0.05, 0.1) is 29.8 Å². The number of nitrogens with zero attached hydrogens (tertiary/aromatic N) is 1. The summed E-state index contributed by atoms with van der Waals surface area (Å²) in [4.78, 5) is 12.6. The minimum atomic E-state index is -0.459. The Bertz CT molecular complexity index is 1040. The Balaban J connectivity index is 2.21. The van der Waals surface area contributed by atoms with Crippen LogP contribution < -0.4 is 10.2 Å². The van der Waals surface area contributed by atoms with Crippen LogP contribution in [-0.2, 0) is 6.42 Å². The number of rotatable bonds is 7. The number of aliphatic hydroxyl groups is 1. The lowest BCUT2D eigenvalue weighted by atomic mass is 10.0. The minimum Gasteiger partial charge on any atom is -0.492 e. The lowest BCUT2D eigenvalue weighted by Gasteiger charge is -2.21. The second-order valence-corrected chi connectivity index (χ2v) is 7.05. The van der Waals surface area contributed by atoms with Crippen molar-refractivity contribution >= 4 is 22.5 Å². The van der Waals surface area contributed by atoms with Gasteiger partial charge in [0, 0.05) is 24.1 Å². The number of benzene rings is 2. The van der Waals surface area contributed by atoms with E-state index in [4.69, 9.17) is 16.3 Å². The normalized spacial score (nSPS) is 12.3. The molecule has 0 saturated carbocycles. The van der Waals surface area contributed by atoms with Crippen LogP contribution >= 0.6 is 11.6 Å². The highest BCUT2D eigenvalue weighted by molar-refractivity contribution is 6.30. The van der Waals surface area contributed by atoms with Crippen LogP contribution in [0.2, 0.25) is 5.02 Å². The number of ether oxygens (including phenoxy) is 1. The monoisotopic (exact) mass is 403 g/mol. The van der Waals surface area contributed by atoms with Crippen molar-refractivity contribution in [2.45, 2.75) is 32.7 Å². The molecular weight excluding hydrogens is 381 g/mol. The van der Waals surface area contributed by atoms with E-state index in [1.165, 1.54) is 12.1 Å². The quantitative estimate of drug-likeness (QED) is 0.620. The number of halogens is 2. The molecule has 0 bridgehead atoms. The van der Waals surface area contributed by atoms with Crippen LogP contribution in [0.5, 0.6) is 5.75 Å². The molecule has 0 unspecified atom stereocenters. The highest BCUT2D eigenvalue weighted by Gasteiger charge is 2.17. The van der Waals surface area contributed by atoms with Crippen molar-refractivity contribution in [1.29, 1.82) is 0 Å². The van der Waals surface area contributed by atoms with E-state index in [1.807, 2.05) is 24.5 Å².